The number of rotatable bonds is 4. The Balaban J connectivity index is 2.22. The summed E-state index contributed by atoms with van der Waals surface area (Å²) in [4.78, 5) is 10.9. The Bertz CT molecular complexity index is 812. The summed E-state index contributed by atoms with van der Waals surface area (Å²) < 4.78 is 5.98. The molecule has 0 bridgehead atoms. The van der Waals surface area contributed by atoms with Gasteiger partial charge in [-0.05, 0) is 61.4 Å². The molecule has 150 valence electrons. The molecule has 0 aromatic heterocycles. The van der Waals surface area contributed by atoms with E-state index >= 15 is 0 Å². The predicted molar refractivity (Wildman–Crippen MR) is 112 cm³/mol. The summed E-state index contributed by atoms with van der Waals surface area (Å²) in [7, 11) is 0. The van der Waals surface area contributed by atoms with Crippen LogP contribution in [0.15, 0.2) is 59.3 Å². The zero-order valence-corrected chi connectivity index (χ0v) is 17.0. The summed E-state index contributed by atoms with van der Waals surface area (Å²) in [5.41, 5.74) is 2.15. The fourth-order valence-electron chi connectivity index (χ4n) is 3.47. The first-order valence-electron chi connectivity index (χ1n) is 9.36. The van der Waals surface area contributed by atoms with Crippen molar-refractivity contribution in [1.29, 1.82) is 0 Å². The normalized spacial score (nSPS) is 23.0. The monoisotopic (exact) mass is 383 g/mol. The van der Waals surface area contributed by atoms with E-state index in [1.807, 2.05) is 12.2 Å². The molecule has 1 aliphatic heterocycles. The van der Waals surface area contributed by atoms with Gasteiger partial charge in [0.1, 0.15) is 5.71 Å². The smallest absolute Gasteiger partial charge is 0.335 e. The quantitative estimate of drug-likeness (QED) is 0.419. The lowest BCUT2D eigenvalue weighted by Gasteiger charge is -2.34. The van der Waals surface area contributed by atoms with Crippen molar-refractivity contribution < 1.29 is 19.8 Å². The van der Waals surface area contributed by atoms with E-state index in [1.54, 1.807) is 36.4 Å². The molecule has 0 spiro atoms. The second-order valence-corrected chi connectivity index (χ2v) is 8.42. The van der Waals surface area contributed by atoms with Gasteiger partial charge >= 0.3 is 5.97 Å². The maximum Gasteiger partial charge on any atom is 0.335 e. The highest BCUT2D eigenvalue weighted by Gasteiger charge is 2.29. The van der Waals surface area contributed by atoms with Crippen LogP contribution >= 0.6 is 0 Å². The molecule has 0 saturated carbocycles. The summed E-state index contributed by atoms with van der Waals surface area (Å²) in [6.07, 6.45) is 11.2. The van der Waals surface area contributed by atoms with E-state index in [4.69, 9.17) is 9.84 Å². The van der Waals surface area contributed by atoms with Crippen LogP contribution in [0.25, 0.3) is 6.08 Å². The number of carboxylic acids is 1. The standard InChI is InChI=1S/C23H29NO4/c1-22(2)14-13-18(6-5-15-28-23(3,4)16-22)20(24-27)12-9-17-7-10-19(11-8-17)21(25)26/h5-13,27H,14-16H2,1-4H3,(H,25,26)/b6-5-,12-9+,18-13+,24-20+. The maximum absolute atomic E-state index is 10.9. The molecule has 0 amide bonds. The number of nitrogens with zero attached hydrogens (tertiary/aromatic N) is 1. The molecule has 2 N–H and O–H groups in total. The molecule has 0 atom stereocenters. The number of allylic oxidation sites excluding steroid dienone is 4. The van der Waals surface area contributed by atoms with Crippen LogP contribution in [0, 0.1) is 5.41 Å². The minimum absolute atomic E-state index is 0.0386. The molecule has 0 saturated heterocycles. The van der Waals surface area contributed by atoms with Gasteiger partial charge in [-0.2, -0.15) is 0 Å². The largest absolute Gasteiger partial charge is 0.478 e. The van der Waals surface area contributed by atoms with E-state index in [0.29, 0.717) is 12.3 Å². The number of aromatic carboxylic acids is 1. The van der Waals surface area contributed by atoms with Crippen molar-refractivity contribution in [2.75, 3.05) is 6.61 Å². The third-order valence-corrected chi connectivity index (χ3v) is 4.64. The summed E-state index contributed by atoms with van der Waals surface area (Å²) in [6, 6.07) is 6.52. The first kappa shape index (κ1) is 21.6. The van der Waals surface area contributed by atoms with Crippen molar-refractivity contribution in [3.05, 3.63) is 65.3 Å². The zero-order valence-electron chi connectivity index (χ0n) is 17.0. The molecular formula is C23H29NO4. The summed E-state index contributed by atoms with van der Waals surface area (Å²) in [6.45, 7) is 9.10. The Morgan fingerprint density at radius 1 is 1.18 bits per heavy atom. The van der Waals surface area contributed by atoms with Crippen molar-refractivity contribution in [2.24, 2.45) is 10.6 Å². The SMILES string of the molecule is CC1(C)C/C=C(C(/C=C/c2ccc(C(=O)O)cc2)=N/O)\C=C/COC(C)(C)C1. The average molecular weight is 383 g/mol. The number of carboxylic acid groups (broad SMARTS) is 1. The molecule has 5 nitrogen and oxygen atoms in total. The highest BCUT2D eigenvalue weighted by molar-refractivity contribution is 6.12. The van der Waals surface area contributed by atoms with E-state index in [0.717, 1.165) is 24.0 Å². The number of hydrogen-bond donors (Lipinski definition) is 2. The van der Waals surface area contributed by atoms with Gasteiger partial charge in [0.15, 0.2) is 0 Å². The Morgan fingerprint density at radius 3 is 2.46 bits per heavy atom. The molecule has 1 aliphatic rings. The van der Waals surface area contributed by atoms with Crippen LogP contribution in [0.3, 0.4) is 0 Å². The first-order chi connectivity index (χ1) is 13.1. The van der Waals surface area contributed by atoms with Crippen LogP contribution in [0.1, 0.15) is 56.5 Å². The van der Waals surface area contributed by atoms with Crippen LogP contribution < -0.4 is 0 Å². The molecule has 2 rings (SSSR count). The molecule has 1 aromatic carbocycles. The van der Waals surface area contributed by atoms with Crippen molar-refractivity contribution in [1.82, 2.24) is 0 Å². The van der Waals surface area contributed by atoms with Crippen LogP contribution in [0.5, 0.6) is 0 Å². The molecule has 1 heterocycles. The number of hydrogen-bond acceptors (Lipinski definition) is 4. The Kier molecular flexibility index (Phi) is 6.97. The van der Waals surface area contributed by atoms with Gasteiger partial charge in [0.05, 0.1) is 17.8 Å². The van der Waals surface area contributed by atoms with Gasteiger partial charge in [0.25, 0.3) is 0 Å². The fraction of sp³-hybridized carbons (Fsp3) is 0.391. The predicted octanol–water partition coefficient (Wildman–Crippen LogP) is 5.33. The zero-order chi connectivity index (χ0) is 20.8. The minimum atomic E-state index is -0.960. The van der Waals surface area contributed by atoms with Crippen molar-refractivity contribution in [3.8, 4) is 0 Å². The number of oxime groups is 1. The maximum atomic E-state index is 10.9. The second-order valence-electron chi connectivity index (χ2n) is 8.42. The van der Waals surface area contributed by atoms with Gasteiger partial charge in [-0.15, -0.1) is 0 Å². The lowest BCUT2D eigenvalue weighted by molar-refractivity contribution is -0.0319. The molecule has 0 radical (unpaired) electrons. The first-order valence-corrected chi connectivity index (χ1v) is 9.36. The molecule has 0 unspecified atom stereocenters. The van der Waals surface area contributed by atoms with E-state index in [-0.39, 0.29) is 16.6 Å². The lowest BCUT2D eigenvalue weighted by atomic mass is 9.78. The van der Waals surface area contributed by atoms with E-state index in [1.165, 1.54) is 0 Å². The highest BCUT2D eigenvalue weighted by Crippen LogP contribution is 2.34. The number of ether oxygens (including phenoxy) is 1. The third-order valence-electron chi connectivity index (χ3n) is 4.64. The topological polar surface area (TPSA) is 79.1 Å². The van der Waals surface area contributed by atoms with Gasteiger partial charge in [-0.3, -0.25) is 0 Å². The van der Waals surface area contributed by atoms with Gasteiger partial charge in [-0.1, -0.05) is 55.4 Å². The van der Waals surface area contributed by atoms with Gasteiger partial charge < -0.3 is 15.1 Å². The summed E-state index contributed by atoms with van der Waals surface area (Å²) in [5, 5.41) is 22.0. The minimum Gasteiger partial charge on any atom is -0.478 e. The van der Waals surface area contributed by atoms with Crippen molar-refractivity contribution >= 4 is 17.8 Å². The van der Waals surface area contributed by atoms with Crippen LogP contribution in [0.2, 0.25) is 0 Å². The Hall–Kier alpha value is -2.66. The average Bonchev–Trinajstić information content (AvgIpc) is 2.61. The number of benzene rings is 1. The Morgan fingerprint density at radius 2 is 1.86 bits per heavy atom. The molecule has 5 heteroatoms. The molecular weight excluding hydrogens is 354 g/mol. The Labute approximate surface area is 166 Å². The van der Waals surface area contributed by atoms with Crippen molar-refractivity contribution in [2.45, 2.75) is 46.1 Å². The van der Waals surface area contributed by atoms with Crippen LogP contribution in [-0.4, -0.2) is 34.2 Å². The summed E-state index contributed by atoms with van der Waals surface area (Å²) >= 11 is 0. The molecule has 0 aliphatic carbocycles. The van der Waals surface area contributed by atoms with Crippen LogP contribution in [0.4, 0.5) is 0 Å². The number of carbonyl (C=O) groups is 1. The molecule has 0 fully saturated rings. The third kappa shape index (κ3) is 6.50. The molecule has 28 heavy (non-hydrogen) atoms. The van der Waals surface area contributed by atoms with Gasteiger partial charge in [0.2, 0.25) is 0 Å². The van der Waals surface area contributed by atoms with Crippen molar-refractivity contribution in [3.63, 3.8) is 0 Å². The van der Waals surface area contributed by atoms with E-state index in [9.17, 15) is 10.0 Å². The van der Waals surface area contributed by atoms with Gasteiger partial charge in [-0.25, -0.2) is 4.79 Å². The lowest BCUT2D eigenvalue weighted by Crippen LogP contribution is -2.32. The van der Waals surface area contributed by atoms with E-state index < -0.39 is 5.97 Å². The summed E-state index contributed by atoms with van der Waals surface area (Å²) in [5.74, 6) is -0.960. The highest BCUT2D eigenvalue weighted by atomic mass is 16.5. The van der Waals surface area contributed by atoms with Crippen LogP contribution in [-0.2, 0) is 4.74 Å². The van der Waals surface area contributed by atoms with Gasteiger partial charge in [0, 0.05) is 0 Å². The fourth-order valence-corrected chi connectivity index (χ4v) is 3.47. The van der Waals surface area contributed by atoms with E-state index in [2.05, 4.69) is 38.9 Å². The molecule has 1 aromatic rings. The second kappa shape index (κ2) is 9.02.